The monoisotopic (exact) mass is 258 g/mol. The third-order valence-electron chi connectivity index (χ3n) is 2.26. The van der Waals surface area contributed by atoms with Gasteiger partial charge in [0.2, 0.25) is 0 Å². The van der Waals surface area contributed by atoms with Crippen LogP contribution in [0.1, 0.15) is 18.9 Å². The molecular formula is C10H15BrN2O. The molecule has 1 rings (SSSR count). The van der Waals surface area contributed by atoms with E-state index >= 15 is 0 Å². The van der Waals surface area contributed by atoms with Gasteiger partial charge in [0.1, 0.15) is 0 Å². The highest BCUT2D eigenvalue weighted by atomic mass is 79.9. The molecule has 0 bridgehead atoms. The van der Waals surface area contributed by atoms with E-state index in [0.717, 1.165) is 10.0 Å². The lowest BCUT2D eigenvalue weighted by Crippen LogP contribution is -2.34. The summed E-state index contributed by atoms with van der Waals surface area (Å²) >= 11 is 3.37. The Balaban J connectivity index is 3.10. The Morgan fingerprint density at radius 1 is 1.50 bits per heavy atom. The number of nitrogen functional groups attached to an aromatic ring is 1. The van der Waals surface area contributed by atoms with Crippen LogP contribution in [0.3, 0.4) is 0 Å². The number of aliphatic hydroxyl groups excluding tert-OH is 1. The molecule has 1 aromatic rings. The van der Waals surface area contributed by atoms with Gasteiger partial charge in [0, 0.05) is 22.3 Å². The highest BCUT2D eigenvalue weighted by Gasteiger charge is 2.22. The molecule has 0 spiro atoms. The number of benzene rings is 1. The molecule has 0 radical (unpaired) electrons. The van der Waals surface area contributed by atoms with Crippen LogP contribution in [0.15, 0.2) is 22.7 Å². The van der Waals surface area contributed by atoms with E-state index in [2.05, 4.69) is 15.9 Å². The molecule has 0 aliphatic heterocycles. The van der Waals surface area contributed by atoms with Gasteiger partial charge in [-0.2, -0.15) is 0 Å². The molecule has 0 amide bonds. The van der Waals surface area contributed by atoms with Gasteiger partial charge in [-0.1, -0.05) is 15.9 Å². The van der Waals surface area contributed by atoms with E-state index in [0.29, 0.717) is 12.1 Å². The smallest absolute Gasteiger partial charge is 0.0451 e. The molecule has 1 atom stereocenters. The van der Waals surface area contributed by atoms with Gasteiger partial charge in [0.15, 0.2) is 0 Å². The maximum absolute atomic E-state index is 8.89. The van der Waals surface area contributed by atoms with Gasteiger partial charge < -0.3 is 16.6 Å². The van der Waals surface area contributed by atoms with Gasteiger partial charge >= 0.3 is 0 Å². The largest absolute Gasteiger partial charge is 0.398 e. The lowest BCUT2D eigenvalue weighted by molar-refractivity contribution is 0.247. The van der Waals surface area contributed by atoms with Crippen molar-refractivity contribution in [3.63, 3.8) is 0 Å². The molecule has 3 nitrogen and oxygen atoms in total. The van der Waals surface area contributed by atoms with Crippen molar-refractivity contribution in [3.05, 3.63) is 28.2 Å². The number of halogens is 1. The van der Waals surface area contributed by atoms with Crippen molar-refractivity contribution >= 4 is 21.6 Å². The summed E-state index contributed by atoms with van der Waals surface area (Å²) in [5.41, 5.74) is 12.8. The van der Waals surface area contributed by atoms with Crippen LogP contribution in [0.5, 0.6) is 0 Å². The molecule has 5 N–H and O–H groups in total. The third kappa shape index (κ3) is 2.47. The van der Waals surface area contributed by atoms with Gasteiger partial charge in [-0.3, -0.25) is 0 Å². The van der Waals surface area contributed by atoms with E-state index < -0.39 is 5.54 Å². The Morgan fingerprint density at radius 3 is 2.71 bits per heavy atom. The van der Waals surface area contributed by atoms with Crippen LogP contribution in [0.2, 0.25) is 0 Å². The fraction of sp³-hybridized carbons (Fsp3) is 0.400. The van der Waals surface area contributed by atoms with Crippen molar-refractivity contribution in [1.29, 1.82) is 0 Å². The molecule has 0 saturated carbocycles. The average Bonchev–Trinajstić information content (AvgIpc) is 2.09. The first kappa shape index (κ1) is 11.5. The van der Waals surface area contributed by atoms with Crippen LogP contribution < -0.4 is 11.5 Å². The van der Waals surface area contributed by atoms with Crippen molar-refractivity contribution < 1.29 is 5.11 Å². The van der Waals surface area contributed by atoms with Crippen LogP contribution in [-0.4, -0.2) is 11.7 Å². The Labute approximate surface area is 92.2 Å². The molecular weight excluding hydrogens is 244 g/mol. The van der Waals surface area contributed by atoms with E-state index in [-0.39, 0.29) is 6.61 Å². The molecule has 0 aliphatic carbocycles. The fourth-order valence-corrected chi connectivity index (χ4v) is 1.75. The van der Waals surface area contributed by atoms with Crippen LogP contribution in [0, 0.1) is 0 Å². The normalized spacial score (nSPS) is 15.1. The van der Waals surface area contributed by atoms with Crippen LogP contribution in [0.25, 0.3) is 0 Å². The zero-order valence-electron chi connectivity index (χ0n) is 8.13. The summed E-state index contributed by atoms with van der Waals surface area (Å²) in [5.74, 6) is 0. The molecule has 1 aromatic carbocycles. The van der Waals surface area contributed by atoms with Crippen molar-refractivity contribution in [2.75, 3.05) is 12.3 Å². The fourth-order valence-electron chi connectivity index (χ4n) is 1.39. The Bertz CT molecular complexity index is 326. The second-order valence-electron chi connectivity index (χ2n) is 3.62. The summed E-state index contributed by atoms with van der Waals surface area (Å²) in [6.07, 6.45) is 0.494. The first-order chi connectivity index (χ1) is 6.47. The summed E-state index contributed by atoms with van der Waals surface area (Å²) < 4.78 is 0.941. The summed E-state index contributed by atoms with van der Waals surface area (Å²) in [6.45, 7) is 1.92. The van der Waals surface area contributed by atoms with E-state index in [4.69, 9.17) is 16.6 Å². The third-order valence-corrected chi connectivity index (χ3v) is 2.76. The quantitative estimate of drug-likeness (QED) is 0.722. The van der Waals surface area contributed by atoms with Gasteiger partial charge in [0.05, 0.1) is 0 Å². The maximum atomic E-state index is 8.89. The van der Waals surface area contributed by atoms with Crippen molar-refractivity contribution in [2.45, 2.75) is 18.9 Å². The Morgan fingerprint density at radius 2 is 2.14 bits per heavy atom. The summed E-state index contributed by atoms with van der Waals surface area (Å²) in [4.78, 5) is 0. The highest BCUT2D eigenvalue weighted by molar-refractivity contribution is 9.10. The lowest BCUT2D eigenvalue weighted by atomic mass is 9.89. The first-order valence-corrected chi connectivity index (χ1v) is 5.22. The van der Waals surface area contributed by atoms with E-state index in [1.165, 1.54) is 0 Å². The molecule has 0 fully saturated rings. The SMILES string of the molecule is CC(N)(CCO)c1cc(Br)ccc1N. The summed E-state index contributed by atoms with van der Waals surface area (Å²) in [5, 5.41) is 8.89. The van der Waals surface area contributed by atoms with E-state index in [9.17, 15) is 0 Å². The van der Waals surface area contributed by atoms with Gasteiger partial charge in [-0.25, -0.2) is 0 Å². The standard InChI is InChI=1S/C10H15BrN2O/c1-10(13,4-5-14)8-6-7(11)2-3-9(8)12/h2-3,6,14H,4-5,12-13H2,1H3. The molecule has 0 aromatic heterocycles. The molecule has 1 unspecified atom stereocenters. The average molecular weight is 259 g/mol. The molecule has 0 saturated heterocycles. The van der Waals surface area contributed by atoms with Crippen molar-refractivity contribution in [1.82, 2.24) is 0 Å². The van der Waals surface area contributed by atoms with E-state index in [1.807, 2.05) is 25.1 Å². The molecule has 0 aliphatic rings. The predicted molar refractivity (Wildman–Crippen MR) is 61.8 cm³/mol. The minimum absolute atomic E-state index is 0.0545. The van der Waals surface area contributed by atoms with Crippen LogP contribution >= 0.6 is 15.9 Å². The van der Waals surface area contributed by atoms with Gasteiger partial charge in [0.25, 0.3) is 0 Å². The maximum Gasteiger partial charge on any atom is 0.0451 e. The summed E-state index contributed by atoms with van der Waals surface area (Å²) in [7, 11) is 0. The zero-order chi connectivity index (χ0) is 10.8. The summed E-state index contributed by atoms with van der Waals surface area (Å²) in [6, 6.07) is 5.57. The lowest BCUT2D eigenvalue weighted by Gasteiger charge is -2.26. The second-order valence-corrected chi connectivity index (χ2v) is 4.54. The van der Waals surface area contributed by atoms with Crippen LogP contribution in [-0.2, 0) is 5.54 Å². The minimum Gasteiger partial charge on any atom is -0.398 e. The molecule has 14 heavy (non-hydrogen) atoms. The molecule has 0 heterocycles. The second kappa shape index (κ2) is 4.29. The van der Waals surface area contributed by atoms with Gasteiger partial charge in [-0.05, 0) is 37.1 Å². The number of anilines is 1. The Kier molecular flexibility index (Phi) is 3.53. The number of rotatable bonds is 3. The molecule has 78 valence electrons. The van der Waals surface area contributed by atoms with E-state index in [1.54, 1.807) is 0 Å². The zero-order valence-corrected chi connectivity index (χ0v) is 9.71. The highest BCUT2D eigenvalue weighted by Crippen LogP contribution is 2.29. The number of hydrogen-bond donors (Lipinski definition) is 3. The number of nitrogens with two attached hydrogens (primary N) is 2. The Hall–Kier alpha value is -0.580. The number of aliphatic hydroxyl groups is 1. The van der Waals surface area contributed by atoms with Gasteiger partial charge in [-0.15, -0.1) is 0 Å². The minimum atomic E-state index is -0.581. The molecule has 4 heteroatoms. The van der Waals surface area contributed by atoms with Crippen molar-refractivity contribution in [3.8, 4) is 0 Å². The van der Waals surface area contributed by atoms with Crippen LogP contribution in [0.4, 0.5) is 5.69 Å². The first-order valence-electron chi connectivity index (χ1n) is 4.42. The number of hydrogen-bond acceptors (Lipinski definition) is 3. The predicted octanol–water partition coefficient (Wildman–Crippen LogP) is 1.59. The topological polar surface area (TPSA) is 72.3 Å². The van der Waals surface area contributed by atoms with Crippen molar-refractivity contribution in [2.24, 2.45) is 5.73 Å².